The number of piperidine rings is 1. The van der Waals surface area contributed by atoms with Gasteiger partial charge in [0.1, 0.15) is 11.5 Å². The van der Waals surface area contributed by atoms with Crippen molar-refractivity contribution in [2.45, 2.75) is 18.9 Å². The fourth-order valence-electron chi connectivity index (χ4n) is 3.57. The molecule has 1 aromatic heterocycles. The molecule has 0 bridgehead atoms. The average Bonchev–Trinajstić information content (AvgIpc) is 3.08. The maximum absolute atomic E-state index is 11.6. The fourth-order valence-corrected chi connectivity index (χ4v) is 5.14. The molecular weight excluding hydrogens is 418 g/mol. The van der Waals surface area contributed by atoms with E-state index in [9.17, 15) is 9.90 Å². The summed E-state index contributed by atoms with van der Waals surface area (Å²) in [6, 6.07) is 9.74. The van der Waals surface area contributed by atoms with Crippen molar-refractivity contribution in [1.29, 1.82) is 0 Å². The molecule has 0 radical (unpaired) electrons. The molecule has 1 aromatic carbocycles. The van der Waals surface area contributed by atoms with Crippen molar-refractivity contribution in [2.24, 2.45) is 5.92 Å². The van der Waals surface area contributed by atoms with Gasteiger partial charge in [0.2, 0.25) is 0 Å². The van der Waals surface area contributed by atoms with Crippen LogP contribution in [0.5, 0.6) is 11.5 Å². The third-order valence-corrected chi connectivity index (χ3v) is 6.45. The highest BCUT2D eigenvalue weighted by molar-refractivity contribution is 9.11. The smallest absolute Gasteiger partial charge is 0.307 e. The summed E-state index contributed by atoms with van der Waals surface area (Å²) in [5.41, 5.74) is 0.942. The van der Waals surface area contributed by atoms with Crippen LogP contribution >= 0.6 is 27.3 Å². The van der Waals surface area contributed by atoms with Crippen molar-refractivity contribution in [2.75, 3.05) is 27.3 Å². The molecule has 2 unspecified atom stereocenters. The number of methoxy groups -OCH3 is 2. The van der Waals surface area contributed by atoms with E-state index < -0.39 is 5.97 Å². The highest BCUT2D eigenvalue weighted by Gasteiger charge is 2.34. The van der Waals surface area contributed by atoms with E-state index in [2.05, 4.69) is 26.9 Å². The minimum absolute atomic E-state index is 0.112. The summed E-state index contributed by atoms with van der Waals surface area (Å²) in [6.45, 7) is 1.35. The molecule has 0 amide bonds. The molecule has 2 aromatic rings. The second kappa shape index (κ2) is 8.41. The van der Waals surface area contributed by atoms with Crippen LogP contribution in [0.15, 0.2) is 34.1 Å². The quantitative estimate of drug-likeness (QED) is 0.721. The Balaban J connectivity index is 2.10. The van der Waals surface area contributed by atoms with Crippen molar-refractivity contribution in [3.63, 3.8) is 0 Å². The van der Waals surface area contributed by atoms with Gasteiger partial charge in [-0.05, 0) is 59.6 Å². The Kier molecular flexibility index (Phi) is 6.21. The van der Waals surface area contributed by atoms with E-state index in [1.807, 2.05) is 24.3 Å². The zero-order chi connectivity index (χ0) is 18.7. The van der Waals surface area contributed by atoms with Crippen molar-refractivity contribution in [3.05, 3.63) is 44.6 Å². The zero-order valence-electron chi connectivity index (χ0n) is 14.8. The third kappa shape index (κ3) is 3.89. The van der Waals surface area contributed by atoms with Gasteiger partial charge in [0.05, 0.1) is 35.5 Å². The first kappa shape index (κ1) is 19.2. The second-order valence-electron chi connectivity index (χ2n) is 6.29. The van der Waals surface area contributed by atoms with Gasteiger partial charge in [-0.25, -0.2) is 0 Å². The Bertz CT molecular complexity index is 756. The van der Waals surface area contributed by atoms with Crippen LogP contribution in [0.2, 0.25) is 0 Å². The molecule has 7 heteroatoms. The maximum atomic E-state index is 11.6. The lowest BCUT2D eigenvalue weighted by Gasteiger charge is -2.37. The molecule has 1 fully saturated rings. The monoisotopic (exact) mass is 439 g/mol. The summed E-state index contributed by atoms with van der Waals surface area (Å²) < 4.78 is 12.3. The molecule has 1 N–H and O–H groups in total. The summed E-state index contributed by atoms with van der Waals surface area (Å²) in [6.07, 6.45) is 1.58. The predicted molar refractivity (Wildman–Crippen MR) is 105 cm³/mol. The number of hydrogen-bond acceptors (Lipinski definition) is 5. The van der Waals surface area contributed by atoms with Crippen molar-refractivity contribution in [1.82, 2.24) is 4.90 Å². The molecule has 5 nitrogen and oxygen atoms in total. The minimum Gasteiger partial charge on any atom is -0.496 e. The summed E-state index contributed by atoms with van der Waals surface area (Å²) in [5, 5.41) is 9.50. The number of aliphatic carboxylic acids is 1. The van der Waals surface area contributed by atoms with E-state index in [0.717, 1.165) is 45.1 Å². The normalized spacial score (nSPS) is 19.1. The first-order valence-electron chi connectivity index (χ1n) is 8.48. The molecule has 2 atom stereocenters. The Labute approximate surface area is 165 Å². The van der Waals surface area contributed by atoms with Gasteiger partial charge < -0.3 is 14.6 Å². The van der Waals surface area contributed by atoms with E-state index >= 15 is 0 Å². The van der Waals surface area contributed by atoms with E-state index in [0.29, 0.717) is 6.54 Å². The predicted octanol–water partition coefficient (Wildman–Crippen LogP) is 4.41. The lowest BCUT2D eigenvalue weighted by molar-refractivity contribution is -0.143. The number of likely N-dealkylation sites (tertiary alicyclic amines) is 1. The number of carbonyl (C=O) groups is 1. The van der Waals surface area contributed by atoms with Gasteiger partial charge in [-0.2, -0.15) is 0 Å². The first-order valence-corrected chi connectivity index (χ1v) is 10.1. The number of rotatable bonds is 6. The second-order valence-corrected chi connectivity index (χ2v) is 8.79. The molecule has 0 saturated carbocycles. The van der Waals surface area contributed by atoms with Crippen molar-refractivity contribution >= 4 is 33.2 Å². The molecule has 0 spiro atoms. The number of thiophene rings is 1. The summed E-state index contributed by atoms with van der Waals surface area (Å²) in [7, 11) is 3.30. The first-order chi connectivity index (χ1) is 12.5. The topological polar surface area (TPSA) is 59.0 Å². The standard InChI is InChI=1S/C19H22BrNO4S/c1-24-13-6-3-7-14(25-2)17(13)18(15-8-9-16(20)26-15)21-10-4-5-12(11-21)19(22)23/h3,6-9,12,18H,4-5,10-11H2,1-2H3,(H,22,23). The molecule has 1 saturated heterocycles. The van der Waals surface area contributed by atoms with Crippen molar-refractivity contribution < 1.29 is 19.4 Å². The lowest BCUT2D eigenvalue weighted by atomic mass is 9.93. The van der Waals surface area contributed by atoms with Gasteiger partial charge in [0, 0.05) is 11.4 Å². The number of nitrogens with zero attached hydrogens (tertiary/aromatic N) is 1. The van der Waals surface area contributed by atoms with Crippen LogP contribution in [0, 0.1) is 5.92 Å². The molecular formula is C19H22BrNO4S. The van der Waals surface area contributed by atoms with Crippen LogP contribution in [-0.4, -0.2) is 43.3 Å². The molecule has 26 heavy (non-hydrogen) atoms. The van der Waals surface area contributed by atoms with Crippen LogP contribution in [0.25, 0.3) is 0 Å². The van der Waals surface area contributed by atoms with Gasteiger partial charge in [-0.15, -0.1) is 11.3 Å². The lowest BCUT2D eigenvalue weighted by Crippen LogP contribution is -2.41. The van der Waals surface area contributed by atoms with Gasteiger partial charge in [0.25, 0.3) is 0 Å². The molecule has 0 aliphatic carbocycles. The number of ether oxygens (including phenoxy) is 2. The van der Waals surface area contributed by atoms with Gasteiger partial charge in [-0.3, -0.25) is 9.69 Å². The zero-order valence-corrected chi connectivity index (χ0v) is 17.2. The summed E-state index contributed by atoms with van der Waals surface area (Å²) >= 11 is 5.20. The largest absolute Gasteiger partial charge is 0.496 e. The van der Waals surface area contributed by atoms with Gasteiger partial charge in [-0.1, -0.05) is 6.07 Å². The van der Waals surface area contributed by atoms with Crippen LogP contribution < -0.4 is 9.47 Å². The number of carboxylic acid groups (broad SMARTS) is 1. The van der Waals surface area contributed by atoms with E-state index in [1.54, 1.807) is 25.6 Å². The Hall–Kier alpha value is -1.57. The Morgan fingerprint density at radius 2 is 1.96 bits per heavy atom. The molecule has 1 aliphatic rings. The van der Waals surface area contributed by atoms with Gasteiger partial charge >= 0.3 is 5.97 Å². The minimum atomic E-state index is -0.729. The summed E-state index contributed by atoms with van der Waals surface area (Å²) in [5.74, 6) is 0.413. The fraction of sp³-hybridized carbons (Fsp3) is 0.421. The van der Waals surface area contributed by atoms with Crippen LogP contribution in [-0.2, 0) is 4.79 Å². The maximum Gasteiger partial charge on any atom is 0.307 e. The number of benzene rings is 1. The summed E-state index contributed by atoms with van der Waals surface area (Å²) in [4.78, 5) is 14.9. The highest BCUT2D eigenvalue weighted by atomic mass is 79.9. The van der Waals surface area contributed by atoms with Gasteiger partial charge in [0.15, 0.2) is 0 Å². The van der Waals surface area contributed by atoms with E-state index in [-0.39, 0.29) is 12.0 Å². The Morgan fingerprint density at radius 1 is 1.27 bits per heavy atom. The third-order valence-electron chi connectivity index (χ3n) is 4.77. The Morgan fingerprint density at radius 3 is 2.50 bits per heavy atom. The van der Waals surface area contributed by atoms with Crippen molar-refractivity contribution in [3.8, 4) is 11.5 Å². The SMILES string of the molecule is COc1cccc(OC)c1C(c1ccc(Br)s1)N1CCCC(C(=O)O)C1. The molecule has 3 rings (SSSR count). The average molecular weight is 440 g/mol. The highest BCUT2D eigenvalue weighted by Crippen LogP contribution is 2.44. The molecule has 2 heterocycles. The molecule has 140 valence electrons. The van der Waals surface area contributed by atoms with E-state index in [4.69, 9.17) is 9.47 Å². The number of hydrogen-bond donors (Lipinski definition) is 1. The number of halogens is 1. The van der Waals surface area contributed by atoms with E-state index in [1.165, 1.54) is 0 Å². The number of carboxylic acids is 1. The van der Waals surface area contributed by atoms with Crippen LogP contribution in [0.4, 0.5) is 0 Å². The van der Waals surface area contributed by atoms with Crippen LogP contribution in [0.1, 0.15) is 29.3 Å². The molecule has 1 aliphatic heterocycles. The van der Waals surface area contributed by atoms with Crippen LogP contribution in [0.3, 0.4) is 0 Å².